The minimum Gasteiger partial charge on any atom is -0.477 e. The summed E-state index contributed by atoms with van der Waals surface area (Å²) in [4.78, 5) is 9.39. The number of hydrogen-bond donors (Lipinski definition) is 2. The molecule has 0 saturated heterocycles. The van der Waals surface area contributed by atoms with E-state index < -0.39 is 5.97 Å². The van der Waals surface area contributed by atoms with Gasteiger partial charge in [-0.15, -0.1) is 12.6 Å². The first-order valence-corrected chi connectivity index (χ1v) is 1.70. The zero-order valence-corrected chi connectivity index (χ0v) is 4.40. The lowest BCUT2D eigenvalue weighted by Gasteiger charge is -1.78. The van der Waals surface area contributed by atoms with E-state index in [0.29, 0.717) is 0 Å². The van der Waals surface area contributed by atoms with Crippen LogP contribution in [0.4, 0.5) is 0 Å². The lowest BCUT2D eigenvalue weighted by Crippen LogP contribution is -1.89. The number of thiol groups is 1. The van der Waals surface area contributed by atoms with E-state index >= 15 is 0 Å². The fourth-order valence-electron chi connectivity index (χ4n) is 0. The maximum absolute atomic E-state index is 9.52. The normalized spacial score (nSPS) is 6.43. The number of carboxylic acid groups (broad SMARTS) is 1. The molecule has 0 unspecified atom stereocenters. The third-order valence-corrected chi connectivity index (χ3v) is 0.438. The van der Waals surface area contributed by atoms with Crippen molar-refractivity contribution >= 4 is 18.6 Å². The molecule has 0 amide bonds. The fourth-order valence-corrected chi connectivity index (χ4v) is 0. The number of rotatable bonds is 1. The van der Waals surface area contributed by atoms with E-state index in [1.54, 1.807) is 0 Å². The molecule has 3 nitrogen and oxygen atoms in total. The highest BCUT2D eigenvalue weighted by atomic mass is 32.1. The summed E-state index contributed by atoms with van der Waals surface area (Å²) in [6.45, 7) is 3.02. The molecule has 0 saturated carbocycles. The maximum atomic E-state index is 9.52. The first-order chi connectivity index (χ1) is 2.64. The lowest BCUT2D eigenvalue weighted by atomic mass is 10.7. The van der Waals surface area contributed by atoms with Crippen molar-refractivity contribution in [2.24, 2.45) is 0 Å². The molecule has 0 atom stereocenters. The molecule has 4 heteroatoms. The Balaban J connectivity index is 0. The number of hydrogen-bond acceptors (Lipinski definition) is 2. The van der Waals surface area contributed by atoms with E-state index in [1.807, 2.05) is 0 Å². The van der Waals surface area contributed by atoms with Gasteiger partial charge in [0.05, 0.1) is 4.91 Å². The Hall–Kier alpha value is -0.480. The molecule has 0 aromatic carbocycles. The summed E-state index contributed by atoms with van der Waals surface area (Å²) < 4.78 is 0. The summed E-state index contributed by atoms with van der Waals surface area (Å²) in [7, 11) is 0. The predicted molar refractivity (Wildman–Crippen MR) is 29.4 cm³/mol. The molecule has 0 aromatic rings. The molecule has 7 heavy (non-hydrogen) atoms. The molecular formula is C3H6O3S. The molecule has 0 spiro atoms. The van der Waals surface area contributed by atoms with Crippen LogP contribution in [0.3, 0.4) is 0 Å². The summed E-state index contributed by atoms with van der Waals surface area (Å²) in [5.41, 5.74) is 0. The molecular weight excluding hydrogens is 116 g/mol. The molecule has 42 valence electrons. The minimum atomic E-state index is -1.07. The summed E-state index contributed by atoms with van der Waals surface area (Å²) in [6, 6.07) is 0. The van der Waals surface area contributed by atoms with Gasteiger partial charge in [-0.25, -0.2) is 4.79 Å². The number of aliphatic carboxylic acids is 1. The molecule has 0 heterocycles. The van der Waals surface area contributed by atoms with Crippen molar-refractivity contribution in [3.05, 3.63) is 11.5 Å². The van der Waals surface area contributed by atoms with Crippen LogP contribution in [0.5, 0.6) is 0 Å². The molecule has 3 N–H and O–H groups in total. The fraction of sp³-hybridized carbons (Fsp3) is 0. The first kappa shape index (κ1) is 9.72. The second kappa shape index (κ2) is 3.70. The van der Waals surface area contributed by atoms with Crippen LogP contribution in [0.2, 0.25) is 0 Å². The predicted octanol–water partition coefficient (Wildman–Crippen LogP) is -0.310. The van der Waals surface area contributed by atoms with E-state index in [9.17, 15) is 4.79 Å². The molecule has 0 fully saturated rings. The van der Waals surface area contributed by atoms with Crippen LogP contribution in [0, 0.1) is 0 Å². The van der Waals surface area contributed by atoms with Crippen molar-refractivity contribution in [2.45, 2.75) is 0 Å². The molecule has 0 aliphatic rings. The zero-order chi connectivity index (χ0) is 5.15. The third kappa shape index (κ3) is 5.52. The Bertz CT molecular complexity index is 76.2. The van der Waals surface area contributed by atoms with Crippen molar-refractivity contribution in [3.8, 4) is 0 Å². The van der Waals surface area contributed by atoms with Gasteiger partial charge < -0.3 is 10.6 Å². The summed E-state index contributed by atoms with van der Waals surface area (Å²) in [5.74, 6) is -1.07. The lowest BCUT2D eigenvalue weighted by molar-refractivity contribution is -0.131. The summed E-state index contributed by atoms with van der Waals surface area (Å²) in [6.07, 6.45) is 0. The van der Waals surface area contributed by atoms with Crippen LogP contribution >= 0.6 is 12.6 Å². The number of carboxylic acids is 1. The van der Waals surface area contributed by atoms with Crippen LogP contribution in [0.15, 0.2) is 11.5 Å². The van der Waals surface area contributed by atoms with E-state index in [-0.39, 0.29) is 10.4 Å². The Morgan fingerprint density at radius 1 is 1.71 bits per heavy atom. The highest BCUT2D eigenvalue weighted by Gasteiger charge is 1.91. The van der Waals surface area contributed by atoms with Crippen LogP contribution in [0.1, 0.15) is 0 Å². The SMILES string of the molecule is C=C(S)C(=O)O.O. The molecule has 0 aliphatic heterocycles. The van der Waals surface area contributed by atoms with Gasteiger partial charge in [-0.2, -0.15) is 0 Å². The van der Waals surface area contributed by atoms with Crippen molar-refractivity contribution in [2.75, 3.05) is 0 Å². The Morgan fingerprint density at radius 3 is 1.86 bits per heavy atom. The second-order valence-corrected chi connectivity index (χ2v) is 1.29. The molecule has 0 rings (SSSR count). The van der Waals surface area contributed by atoms with E-state index in [4.69, 9.17) is 5.11 Å². The molecule has 0 aromatic heterocycles. The zero-order valence-electron chi connectivity index (χ0n) is 3.51. The topological polar surface area (TPSA) is 68.8 Å². The van der Waals surface area contributed by atoms with Gasteiger partial charge in [0, 0.05) is 0 Å². The van der Waals surface area contributed by atoms with Gasteiger partial charge in [-0.1, -0.05) is 6.58 Å². The molecule has 0 aliphatic carbocycles. The van der Waals surface area contributed by atoms with Gasteiger partial charge in [-0.3, -0.25) is 0 Å². The van der Waals surface area contributed by atoms with Gasteiger partial charge in [-0.05, 0) is 0 Å². The standard InChI is InChI=1S/C3H4O2S.H2O/c1-2(6)3(4)5;/h6H,1H2,(H,4,5);1H2. The average molecular weight is 122 g/mol. The largest absolute Gasteiger partial charge is 0.477 e. The van der Waals surface area contributed by atoms with Crippen molar-refractivity contribution in [3.63, 3.8) is 0 Å². The monoisotopic (exact) mass is 122 g/mol. The van der Waals surface area contributed by atoms with Crippen molar-refractivity contribution < 1.29 is 15.4 Å². The quantitative estimate of drug-likeness (QED) is 0.370. The van der Waals surface area contributed by atoms with Crippen molar-refractivity contribution in [1.82, 2.24) is 0 Å². The summed E-state index contributed by atoms with van der Waals surface area (Å²) >= 11 is 3.40. The average Bonchev–Trinajstić information content (AvgIpc) is 1.36. The molecule has 0 bridgehead atoms. The van der Waals surface area contributed by atoms with E-state index in [0.717, 1.165) is 0 Å². The smallest absolute Gasteiger partial charge is 0.341 e. The summed E-state index contributed by atoms with van der Waals surface area (Å²) in [5, 5.41) is 7.81. The Kier molecular flexibility index (Phi) is 5.14. The Labute approximate surface area is 46.4 Å². The van der Waals surface area contributed by atoms with Crippen LogP contribution in [-0.2, 0) is 4.79 Å². The first-order valence-electron chi connectivity index (χ1n) is 1.25. The minimum absolute atomic E-state index is 0. The van der Waals surface area contributed by atoms with Crippen LogP contribution in [0.25, 0.3) is 0 Å². The highest BCUT2D eigenvalue weighted by Crippen LogP contribution is 1.91. The highest BCUT2D eigenvalue weighted by molar-refractivity contribution is 7.85. The van der Waals surface area contributed by atoms with Gasteiger partial charge >= 0.3 is 5.97 Å². The Morgan fingerprint density at radius 2 is 1.86 bits per heavy atom. The second-order valence-electron chi connectivity index (χ2n) is 0.752. The third-order valence-electron chi connectivity index (χ3n) is 0.247. The van der Waals surface area contributed by atoms with Gasteiger partial charge in [0.15, 0.2) is 0 Å². The molecule has 0 radical (unpaired) electrons. The van der Waals surface area contributed by atoms with Crippen molar-refractivity contribution in [1.29, 1.82) is 0 Å². The van der Waals surface area contributed by atoms with E-state index in [2.05, 4.69) is 19.2 Å². The van der Waals surface area contributed by atoms with E-state index in [1.165, 1.54) is 0 Å². The number of carbonyl (C=O) groups is 1. The van der Waals surface area contributed by atoms with Crippen LogP contribution in [-0.4, -0.2) is 16.6 Å². The van der Waals surface area contributed by atoms with Gasteiger partial charge in [0.2, 0.25) is 0 Å². The van der Waals surface area contributed by atoms with Gasteiger partial charge in [0.25, 0.3) is 0 Å². The van der Waals surface area contributed by atoms with Crippen LogP contribution < -0.4 is 0 Å². The van der Waals surface area contributed by atoms with Gasteiger partial charge in [0.1, 0.15) is 0 Å². The maximum Gasteiger partial charge on any atom is 0.341 e.